The maximum Gasteiger partial charge on any atom is 0.335 e. The molecule has 1 heterocycles. The van der Waals surface area contributed by atoms with Crippen molar-refractivity contribution < 1.29 is 23.9 Å². The molecule has 0 aromatic heterocycles. The van der Waals surface area contributed by atoms with Crippen LogP contribution in [0.3, 0.4) is 0 Å². The van der Waals surface area contributed by atoms with Crippen molar-refractivity contribution in [3.05, 3.63) is 24.3 Å². The lowest BCUT2D eigenvalue weighted by Crippen LogP contribution is -2.60. The Morgan fingerprint density at radius 1 is 1.29 bits per heavy atom. The molecular weight excluding hydrogens is 276 g/mol. The lowest BCUT2D eigenvalue weighted by Gasteiger charge is -2.29. The number of carbonyl (C=O) groups excluding carboxylic acids is 4. The minimum atomic E-state index is -1.52. The molecule has 1 N–H and O–H groups in total. The zero-order chi connectivity index (χ0) is 15.6. The fraction of sp³-hybridized carbons (Fsp3) is 0.286. The van der Waals surface area contributed by atoms with Gasteiger partial charge < -0.3 is 4.74 Å². The first-order valence-corrected chi connectivity index (χ1v) is 6.38. The number of ketones is 1. The molecule has 4 amide bonds. The topological polar surface area (TPSA) is 92.8 Å². The van der Waals surface area contributed by atoms with Gasteiger partial charge in [-0.3, -0.25) is 19.7 Å². The summed E-state index contributed by atoms with van der Waals surface area (Å²) in [6.07, 6.45) is 0. The van der Waals surface area contributed by atoms with Gasteiger partial charge in [-0.1, -0.05) is 12.1 Å². The van der Waals surface area contributed by atoms with Crippen molar-refractivity contribution in [1.29, 1.82) is 0 Å². The molecule has 1 aliphatic heterocycles. The Balaban J connectivity index is 2.47. The van der Waals surface area contributed by atoms with E-state index in [1.807, 2.05) is 5.32 Å². The standard InChI is InChI=1S/C14H14N2O5/c1-3-21-10-7-5-4-6-9(10)16-13(19)11(8(2)17)12(18)15-14(16)20/h4-7,11H,3H2,1-2H3,(H,15,18,20). The van der Waals surface area contributed by atoms with Crippen molar-refractivity contribution in [3.8, 4) is 5.75 Å². The number of rotatable bonds is 4. The zero-order valence-corrected chi connectivity index (χ0v) is 11.6. The van der Waals surface area contributed by atoms with Crippen LogP contribution in [0.15, 0.2) is 24.3 Å². The van der Waals surface area contributed by atoms with Crippen LogP contribution in [0.25, 0.3) is 0 Å². The number of barbiturate groups is 1. The van der Waals surface area contributed by atoms with E-state index in [0.29, 0.717) is 12.4 Å². The van der Waals surface area contributed by atoms with E-state index in [1.165, 1.54) is 6.07 Å². The van der Waals surface area contributed by atoms with Gasteiger partial charge in [0.15, 0.2) is 11.7 Å². The van der Waals surface area contributed by atoms with Crippen molar-refractivity contribution in [2.45, 2.75) is 13.8 Å². The average molecular weight is 290 g/mol. The summed E-state index contributed by atoms with van der Waals surface area (Å²) in [5, 5.41) is 2.01. The summed E-state index contributed by atoms with van der Waals surface area (Å²) in [6, 6.07) is 5.52. The molecule has 1 unspecified atom stereocenters. The smallest absolute Gasteiger partial charge is 0.335 e. The number of Topliss-reactive ketones (excluding diaryl/α,β-unsaturated/α-hetero) is 1. The fourth-order valence-corrected chi connectivity index (χ4v) is 2.08. The van der Waals surface area contributed by atoms with Crippen LogP contribution in [-0.2, 0) is 14.4 Å². The predicted molar refractivity (Wildman–Crippen MR) is 72.8 cm³/mol. The highest BCUT2D eigenvalue weighted by atomic mass is 16.5. The molecular formula is C14H14N2O5. The third kappa shape index (κ3) is 2.62. The van der Waals surface area contributed by atoms with E-state index < -0.39 is 29.5 Å². The maximum absolute atomic E-state index is 12.3. The van der Waals surface area contributed by atoms with Crippen LogP contribution in [0, 0.1) is 5.92 Å². The second kappa shape index (κ2) is 5.74. The van der Waals surface area contributed by atoms with E-state index in [1.54, 1.807) is 25.1 Å². The quantitative estimate of drug-likeness (QED) is 0.831. The Labute approximate surface area is 120 Å². The number of urea groups is 1. The number of nitrogens with one attached hydrogen (secondary N) is 1. The molecule has 1 fully saturated rings. The zero-order valence-electron chi connectivity index (χ0n) is 11.6. The van der Waals surface area contributed by atoms with Gasteiger partial charge in [0.25, 0.3) is 5.91 Å². The lowest BCUT2D eigenvalue weighted by atomic mass is 10.00. The van der Waals surface area contributed by atoms with Gasteiger partial charge in [-0.05, 0) is 26.0 Å². The summed E-state index contributed by atoms with van der Waals surface area (Å²) >= 11 is 0. The van der Waals surface area contributed by atoms with Gasteiger partial charge in [-0.15, -0.1) is 0 Å². The molecule has 1 aliphatic rings. The van der Waals surface area contributed by atoms with E-state index in [4.69, 9.17) is 4.74 Å². The van der Waals surface area contributed by atoms with Gasteiger partial charge in [0.05, 0.1) is 12.3 Å². The van der Waals surface area contributed by atoms with E-state index in [-0.39, 0.29) is 5.69 Å². The van der Waals surface area contributed by atoms with E-state index >= 15 is 0 Å². The van der Waals surface area contributed by atoms with Crippen molar-refractivity contribution >= 4 is 29.3 Å². The number of imide groups is 2. The number of anilines is 1. The monoisotopic (exact) mass is 290 g/mol. The minimum absolute atomic E-state index is 0.195. The number of nitrogens with zero attached hydrogens (tertiary/aromatic N) is 1. The second-order valence-electron chi connectivity index (χ2n) is 4.41. The molecule has 0 bridgehead atoms. The molecule has 1 aromatic carbocycles. The molecule has 21 heavy (non-hydrogen) atoms. The van der Waals surface area contributed by atoms with Gasteiger partial charge in [0.2, 0.25) is 5.91 Å². The lowest BCUT2D eigenvalue weighted by molar-refractivity contribution is -0.140. The molecule has 1 atom stereocenters. The third-order valence-electron chi connectivity index (χ3n) is 2.98. The highest BCUT2D eigenvalue weighted by Crippen LogP contribution is 2.30. The molecule has 0 radical (unpaired) electrons. The number of amides is 4. The van der Waals surface area contributed by atoms with Gasteiger partial charge in [-0.25, -0.2) is 9.69 Å². The summed E-state index contributed by atoms with van der Waals surface area (Å²) < 4.78 is 5.37. The molecule has 7 heteroatoms. The number of hydrogen-bond acceptors (Lipinski definition) is 5. The molecule has 110 valence electrons. The van der Waals surface area contributed by atoms with Crippen molar-refractivity contribution in [1.82, 2.24) is 5.32 Å². The second-order valence-corrected chi connectivity index (χ2v) is 4.41. The number of hydrogen-bond donors (Lipinski definition) is 1. The largest absolute Gasteiger partial charge is 0.492 e. The predicted octanol–water partition coefficient (Wildman–Crippen LogP) is 0.873. The van der Waals surface area contributed by atoms with Crippen LogP contribution in [0.4, 0.5) is 10.5 Å². The Morgan fingerprint density at radius 3 is 2.57 bits per heavy atom. The molecule has 0 saturated carbocycles. The Hall–Kier alpha value is -2.70. The number of benzene rings is 1. The van der Waals surface area contributed by atoms with Crippen LogP contribution in [0.5, 0.6) is 5.75 Å². The summed E-state index contributed by atoms with van der Waals surface area (Å²) in [5.41, 5.74) is 0.195. The number of para-hydroxylation sites is 2. The first-order valence-electron chi connectivity index (χ1n) is 6.38. The maximum atomic E-state index is 12.3. The normalized spacial score (nSPS) is 18.5. The fourth-order valence-electron chi connectivity index (χ4n) is 2.08. The van der Waals surface area contributed by atoms with Crippen LogP contribution >= 0.6 is 0 Å². The van der Waals surface area contributed by atoms with Crippen molar-refractivity contribution in [2.24, 2.45) is 5.92 Å². The van der Waals surface area contributed by atoms with Gasteiger partial charge in [0, 0.05) is 0 Å². The molecule has 0 aliphatic carbocycles. The minimum Gasteiger partial charge on any atom is -0.492 e. The average Bonchev–Trinajstić information content (AvgIpc) is 2.39. The molecule has 2 rings (SSSR count). The van der Waals surface area contributed by atoms with Gasteiger partial charge >= 0.3 is 6.03 Å². The van der Waals surface area contributed by atoms with Crippen molar-refractivity contribution in [2.75, 3.05) is 11.5 Å². The van der Waals surface area contributed by atoms with Crippen LogP contribution < -0.4 is 15.0 Å². The first-order chi connectivity index (χ1) is 9.97. The summed E-state index contributed by atoms with van der Waals surface area (Å²) in [7, 11) is 0. The Kier molecular flexibility index (Phi) is 4.02. The van der Waals surface area contributed by atoms with E-state index in [2.05, 4.69) is 0 Å². The first kappa shape index (κ1) is 14.7. The van der Waals surface area contributed by atoms with Gasteiger partial charge in [0.1, 0.15) is 5.75 Å². The highest BCUT2D eigenvalue weighted by molar-refractivity contribution is 6.34. The van der Waals surface area contributed by atoms with Crippen LogP contribution in [0.1, 0.15) is 13.8 Å². The summed E-state index contributed by atoms with van der Waals surface area (Å²) in [4.78, 5) is 48.1. The Bertz CT molecular complexity index is 626. The molecule has 7 nitrogen and oxygen atoms in total. The van der Waals surface area contributed by atoms with E-state index in [9.17, 15) is 19.2 Å². The van der Waals surface area contributed by atoms with Crippen molar-refractivity contribution in [3.63, 3.8) is 0 Å². The summed E-state index contributed by atoms with van der Waals surface area (Å²) in [5.74, 6) is -3.59. The van der Waals surface area contributed by atoms with Crippen LogP contribution in [-0.4, -0.2) is 30.2 Å². The Morgan fingerprint density at radius 2 is 1.95 bits per heavy atom. The SMILES string of the molecule is CCOc1ccccc1N1C(=O)NC(=O)C(C(C)=O)C1=O. The molecule has 1 saturated heterocycles. The van der Waals surface area contributed by atoms with Gasteiger partial charge in [-0.2, -0.15) is 0 Å². The number of ether oxygens (including phenoxy) is 1. The summed E-state index contributed by atoms with van der Waals surface area (Å²) in [6.45, 7) is 3.23. The highest BCUT2D eigenvalue weighted by Gasteiger charge is 2.44. The molecule has 0 spiro atoms. The molecule has 1 aromatic rings. The van der Waals surface area contributed by atoms with E-state index in [0.717, 1.165) is 11.8 Å². The van der Waals surface area contributed by atoms with Crippen LogP contribution in [0.2, 0.25) is 0 Å². The number of carbonyl (C=O) groups is 4. The third-order valence-corrected chi connectivity index (χ3v) is 2.98.